The first-order valence-corrected chi connectivity index (χ1v) is 6.27. The average Bonchev–Trinajstić information content (AvgIpc) is 2.21. The Kier molecular flexibility index (Phi) is 7.71. The molecular formula is C13H28N2. The first kappa shape index (κ1) is 14.7. The molecule has 2 nitrogen and oxygen atoms in total. The second-order valence-electron chi connectivity index (χ2n) is 4.57. The van der Waals surface area contributed by atoms with E-state index in [1.54, 1.807) is 0 Å². The molecule has 0 aliphatic carbocycles. The predicted molar refractivity (Wildman–Crippen MR) is 68.5 cm³/mol. The summed E-state index contributed by atoms with van der Waals surface area (Å²) >= 11 is 0. The van der Waals surface area contributed by atoms with Gasteiger partial charge in [0.25, 0.3) is 0 Å². The Morgan fingerprint density at radius 3 is 2.33 bits per heavy atom. The average molecular weight is 212 g/mol. The second-order valence-corrected chi connectivity index (χ2v) is 4.57. The lowest BCUT2D eigenvalue weighted by Gasteiger charge is -2.34. The largest absolute Gasteiger partial charge is 0.313 e. The lowest BCUT2D eigenvalue weighted by Crippen LogP contribution is -2.55. The summed E-state index contributed by atoms with van der Waals surface area (Å²) in [7, 11) is 0. The van der Waals surface area contributed by atoms with Crippen molar-refractivity contribution in [2.24, 2.45) is 17.4 Å². The summed E-state index contributed by atoms with van der Waals surface area (Å²) in [5.74, 6) is 0.461. The van der Waals surface area contributed by atoms with E-state index in [4.69, 9.17) is 11.5 Å². The van der Waals surface area contributed by atoms with Crippen LogP contribution in [0.4, 0.5) is 0 Å². The molecule has 0 aromatic carbocycles. The normalized spacial score (nSPS) is 13.9. The SMILES string of the molecule is C=CCCC(N)(N)C(CCC)CCCC. The molecule has 0 spiro atoms. The zero-order valence-electron chi connectivity index (χ0n) is 10.5. The van der Waals surface area contributed by atoms with Gasteiger partial charge in [-0.25, -0.2) is 0 Å². The van der Waals surface area contributed by atoms with Crippen LogP contribution in [0.25, 0.3) is 0 Å². The van der Waals surface area contributed by atoms with Crippen molar-refractivity contribution in [3.05, 3.63) is 12.7 Å². The first-order chi connectivity index (χ1) is 7.08. The summed E-state index contributed by atoms with van der Waals surface area (Å²) < 4.78 is 0. The van der Waals surface area contributed by atoms with E-state index in [2.05, 4.69) is 20.4 Å². The summed E-state index contributed by atoms with van der Waals surface area (Å²) in [4.78, 5) is 0. The van der Waals surface area contributed by atoms with Gasteiger partial charge in [-0.3, -0.25) is 0 Å². The number of unbranched alkanes of at least 4 members (excludes halogenated alkanes) is 1. The van der Waals surface area contributed by atoms with E-state index < -0.39 is 5.66 Å². The van der Waals surface area contributed by atoms with Crippen LogP contribution in [0.2, 0.25) is 0 Å². The van der Waals surface area contributed by atoms with E-state index in [1.165, 1.54) is 19.3 Å². The summed E-state index contributed by atoms with van der Waals surface area (Å²) in [6.07, 6.45) is 9.59. The van der Waals surface area contributed by atoms with E-state index in [0.29, 0.717) is 5.92 Å². The number of nitrogens with two attached hydrogens (primary N) is 2. The lowest BCUT2D eigenvalue weighted by molar-refractivity contribution is 0.226. The molecule has 0 aromatic heterocycles. The van der Waals surface area contributed by atoms with Crippen molar-refractivity contribution in [3.63, 3.8) is 0 Å². The summed E-state index contributed by atoms with van der Waals surface area (Å²) in [5.41, 5.74) is 11.9. The Morgan fingerprint density at radius 2 is 1.87 bits per heavy atom. The molecule has 0 fully saturated rings. The Labute approximate surface area is 95.1 Å². The molecule has 0 saturated heterocycles. The van der Waals surface area contributed by atoms with Gasteiger partial charge in [0.15, 0.2) is 0 Å². The van der Waals surface area contributed by atoms with E-state index in [9.17, 15) is 0 Å². The van der Waals surface area contributed by atoms with Crippen molar-refractivity contribution >= 4 is 0 Å². The molecule has 0 rings (SSSR count). The molecule has 4 N–H and O–H groups in total. The van der Waals surface area contributed by atoms with Crippen LogP contribution < -0.4 is 11.5 Å². The Bertz CT molecular complexity index is 164. The number of rotatable bonds is 9. The molecule has 0 saturated carbocycles. The maximum absolute atomic E-state index is 6.20. The van der Waals surface area contributed by atoms with Crippen molar-refractivity contribution in [1.29, 1.82) is 0 Å². The standard InChI is InChI=1S/C13H28N2/c1-4-7-10-12(9-6-3)13(14,15)11-8-5-2/h5,12H,2,4,6-11,14-15H2,1,3H3. The van der Waals surface area contributed by atoms with Gasteiger partial charge in [-0.2, -0.15) is 0 Å². The van der Waals surface area contributed by atoms with E-state index >= 15 is 0 Å². The maximum atomic E-state index is 6.20. The van der Waals surface area contributed by atoms with Gasteiger partial charge in [-0.1, -0.05) is 39.2 Å². The smallest absolute Gasteiger partial charge is 0.0668 e. The minimum Gasteiger partial charge on any atom is -0.313 e. The van der Waals surface area contributed by atoms with Crippen LogP contribution >= 0.6 is 0 Å². The van der Waals surface area contributed by atoms with Crippen molar-refractivity contribution in [2.45, 2.75) is 64.5 Å². The first-order valence-electron chi connectivity index (χ1n) is 6.27. The van der Waals surface area contributed by atoms with Crippen molar-refractivity contribution in [2.75, 3.05) is 0 Å². The highest BCUT2D eigenvalue weighted by Crippen LogP contribution is 2.25. The maximum Gasteiger partial charge on any atom is 0.0668 e. The van der Waals surface area contributed by atoms with Gasteiger partial charge in [-0.05, 0) is 31.6 Å². The number of hydrogen-bond acceptors (Lipinski definition) is 2. The minimum absolute atomic E-state index is 0.461. The highest BCUT2D eigenvalue weighted by molar-refractivity contribution is 4.87. The summed E-state index contributed by atoms with van der Waals surface area (Å²) in [5, 5.41) is 0. The van der Waals surface area contributed by atoms with Crippen LogP contribution in [0.3, 0.4) is 0 Å². The Morgan fingerprint density at radius 1 is 1.20 bits per heavy atom. The van der Waals surface area contributed by atoms with Gasteiger partial charge in [0.05, 0.1) is 5.66 Å². The quantitative estimate of drug-likeness (QED) is 0.455. The topological polar surface area (TPSA) is 52.0 Å². The third-order valence-corrected chi connectivity index (χ3v) is 3.08. The van der Waals surface area contributed by atoms with Crippen molar-refractivity contribution in [3.8, 4) is 0 Å². The van der Waals surface area contributed by atoms with Crippen molar-refractivity contribution in [1.82, 2.24) is 0 Å². The fraction of sp³-hybridized carbons (Fsp3) is 0.846. The van der Waals surface area contributed by atoms with E-state index in [0.717, 1.165) is 25.7 Å². The molecule has 1 atom stereocenters. The second kappa shape index (κ2) is 7.89. The molecule has 15 heavy (non-hydrogen) atoms. The highest BCUT2D eigenvalue weighted by Gasteiger charge is 2.28. The van der Waals surface area contributed by atoms with Gasteiger partial charge < -0.3 is 11.5 Å². The summed E-state index contributed by atoms with van der Waals surface area (Å²) in [6.45, 7) is 8.13. The minimum atomic E-state index is -0.501. The third-order valence-electron chi connectivity index (χ3n) is 3.08. The van der Waals surface area contributed by atoms with Gasteiger partial charge in [-0.15, -0.1) is 6.58 Å². The van der Waals surface area contributed by atoms with Gasteiger partial charge in [0.1, 0.15) is 0 Å². The van der Waals surface area contributed by atoms with Crippen LogP contribution in [0.1, 0.15) is 58.8 Å². The fourth-order valence-corrected chi connectivity index (χ4v) is 2.04. The predicted octanol–water partition coefficient (Wildman–Crippen LogP) is 3.17. The zero-order chi connectivity index (χ0) is 11.7. The molecule has 0 radical (unpaired) electrons. The molecule has 0 amide bonds. The number of allylic oxidation sites excluding steroid dienone is 1. The molecule has 2 heteroatoms. The van der Waals surface area contributed by atoms with E-state index in [1.807, 2.05) is 6.08 Å². The van der Waals surface area contributed by atoms with Crippen LogP contribution in [-0.4, -0.2) is 5.66 Å². The highest BCUT2D eigenvalue weighted by atomic mass is 15.0. The number of hydrogen-bond donors (Lipinski definition) is 2. The lowest BCUT2D eigenvalue weighted by atomic mass is 9.83. The molecule has 0 aliphatic heterocycles. The fourth-order valence-electron chi connectivity index (χ4n) is 2.04. The monoisotopic (exact) mass is 212 g/mol. The molecular weight excluding hydrogens is 184 g/mol. The third kappa shape index (κ3) is 5.95. The van der Waals surface area contributed by atoms with Gasteiger partial charge in [0.2, 0.25) is 0 Å². The van der Waals surface area contributed by atoms with E-state index in [-0.39, 0.29) is 0 Å². The zero-order valence-corrected chi connectivity index (χ0v) is 10.5. The van der Waals surface area contributed by atoms with Crippen LogP contribution in [0.15, 0.2) is 12.7 Å². The molecule has 0 aromatic rings. The summed E-state index contributed by atoms with van der Waals surface area (Å²) in [6, 6.07) is 0. The molecule has 0 aliphatic rings. The van der Waals surface area contributed by atoms with Crippen molar-refractivity contribution < 1.29 is 0 Å². The Hall–Kier alpha value is -0.340. The molecule has 0 heterocycles. The van der Waals surface area contributed by atoms with Gasteiger partial charge in [0, 0.05) is 0 Å². The molecule has 90 valence electrons. The molecule has 0 bridgehead atoms. The Balaban J connectivity index is 4.21. The molecule has 1 unspecified atom stereocenters. The van der Waals surface area contributed by atoms with Crippen LogP contribution in [0, 0.1) is 5.92 Å². The van der Waals surface area contributed by atoms with Crippen LogP contribution in [0.5, 0.6) is 0 Å². The van der Waals surface area contributed by atoms with Crippen LogP contribution in [-0.2, 0) is 0 Å². The van der Waals surface area contributed by atoms with Gasteiger partial charge >= 0.3 is 0 Å².